The Kier molecular flexibility index (Phi) is 5.14. The van der Waals surface area contributed by atoms with Crippen LogP contribution in [0.25, 0.3) is 6.08 Å². The summed E-state index contributed by atoms with van der Waals surface area (Å²) in [5.74, 6) is -0.477. The van der Waals surface area contributed by atoms with E-state index in [1.807, 2.05) is 0 Å². The summed E-state index contributed by atoms with van der Waals surface area (Å²) in [6.07, 6.45) is 2.47. The van der Waals surface area contributed by atoms with E-state index in [9.17, 15) is 9.18 Å². The van der Waals surface area contributed by atoms with Crippen molar-refractivity contribution in [3.05, 3.63) is 65.5 Å². The number of methoxy groups -OCH3 is 1. The van der Waals surface area contributed by atoms with Crippen LogP contribution in [0.3, 0.4) is 0 Å². The van der Waals surface area contributed by atoms with Crippen LogP contribution in [-0.2, 0) is 11.4 Å². The average molecular weight is 302 g/mol. The van der Waals surface area contributed by atoms with Crippen molar-refractivity contribution in [2.24, 2.45) is 0 Å². The van der Waals surface area contributed by atoms with Crippen molar-refractivity contribution in [1.82, 2.24) is 0 Å². The van der Waals surface area contributed by atoms with Crippen LogP contribution in [0.4, 0.5) is 4.39 Å². The molecule has 2 rings (SSSR count). The van der Waals surface area contributed by atoms with Crippen LogP contribution in [-0.4, -0.2) is 18.2 Å². The number of hydrogen-bond acceptors (Lipinski definition) is 3. The minimum absolute atomic E-state index is 0.0507. The zero-order chi connectivity index (χ0) is 15.9. The minimum Gasteiger partial charge on any atom is -0.493 e. The minimum atomic E-state index is -1.04. The Morgan fingerprint density at radius 1 is 1.23 bits per heavy atom. The molecule has 5 heteroatoms. The predicted molar refractivity (Wildman–Crippen MR) is 80.4 cm³/mol. The molecule has 0 radical (unpaired) electrons. The highest BCUT2D eigenvalue weighted by Gasteiger charge is 2.07. The summed E-state index contributed by atoms with van der Waals surface area (Å²) in [5, 5.41) is 8.64. The predicted octanol–water partition coefficient (Wildman–Crippen LogP) is 3.51. The number of benzene rings is 2. The smallest absolute Gasteiger partial charge is 0.328 e. The van der Waals surface area contributed by atoms with E-state index in [1.54, 1.807) is 36.4 Å². The molecule has 0 unspecified atom stereocenters. The average Bonchev–Trinajstić information content (AvgIpc) is 2.52. The number of hydrogen-bond donors (Lipinski definition) is 1. The zero-order valence-corrected chi connectivity index (χ0v) is 12.0. The Labute approximate surface area is 127 Å². The van der Waals surface area contributed by atoms with Crippen molar-refractivity contribution in [3.8, 4) is 11.5 Å². The van der Waals surface area contributed by atoms with E-state index < -0.39 is 5.97 Å². The van der Waals surface area contributed by atoms with Gasteiger partial charge in [-0.1, -0.05) is 24.3 Å². The summed E-state index contributed by atoms with van der Waals surface area (Å²) in [6.45, 7) is 0.0507. The molecule has 0 aliphatic heterocycles. The normalized spacial score (nSPS) is 10.6. The maximum Gasteiger partial charge on any atom is 0.328 e. The van der Waals surface area contributed by atoms with Crippen molar-refractivity contribution >= 4 is 12.0 Å². The molecule has 0 saturated heterocycles. The van der Waals surface area contributed by atoms with Gasteiger partial charge in [-0.15, -0.1) is 0 Å². The number of ether oxygens (including phenoxy) is 2. The third-order valence-electron chi connectivity index (χ3n) is 2.95. The van der Waals surface area contributed by atoms with E-state index in [4.69, 9.17) is 14.6 Å². The standard InChI is InChI=1S/C17H15FO4/c1-21-15-8-6-12(7-9-17(19)20)10-16(15)22-11-13-4-2-3-5-14(13)18/h2-10H,11H2,1H3,(H,19,20). The first kappa shape index (κ1) is 15.6. The van der Waals surface area contributed by atoms with Crippen LogP contribution in [0.15, 0.2) is 48.5 Å². The Morgan fingerprint density at radius 3 is 2.68 bits per heavy atom. The number of halogens is 1. The highest BCUT2D eigenvalue weighted by molar-refractivity contribution is 5.85. The fraction of sp³-hybridized carbons (Fsp3) is 0.118. The second-order valence-corrected chi connectivity index (χ2v) is 4.46. The van der Waals surface area contributed by atoms with Crippen LogP contribution >= 0.6 is 0 Å². The Morgan fingerprint density at radius 2 is 2.00 bits per heavy atom. The molecular formula is C17H15FO4. The molecule has 0 aliphatic rings. The summed E-state index contributed by atoms with van der Waals surface area (Å²) < 4.78 is 24.4. The molecule has 0 fully saturated rings. The maximum absolute atomic E-state index is 13.6. The molecule has 22 heavy (non-hydrogen) atoms. The van der Waals surface area contributed by atoms with E-state index in [0.717, 1.165) is 6.08 Å². The second kappa shape index (κ2) is 7.26. The van der Waals surface area contributed by atoms with E-state index >= 15 is 0 Å². The topological polar surface area (TPSA) is 55.8 Å². The monoisotopic (exact) mass is 302 g/mol. The first-order chi connectivity index (χ1) is 10.6. The van der Waals surface area contributed by atoms with Gasteiger partial charge in [-0.3, -0.25) is 0 Å². The van der Waals surface area contributed by atoms with Crippen molar-refractivity contribution in [3.63, 3.8) is 0 Å². The van der Waals surface area contributed by atoms with Gasteiger partial charge in [0.05, 0.1) is 7.11 Å². The van der Waals surface area contributed by atoms with Crippen LogP contribution in [0.1, 0.15) is 11.1 Å². The van der Waals surface area contributed by atoms with Gasteiger partial charge in [0, 0.05) is 11.6 Å². The van der Waals surface area contributed by atoms with Gasteiger partial charge in [0.15, 0.2) is 11.5 Å². The third kappa shape index (κ3) is 4.09. The molecule has 0 spiro atoms. The van der Waals surface area contributed by atoms with Gasteiger partial charge in [-0.05, 0) is 29.8 Å². The lowest BCUT2D eigenvalue weighted by Gasteiger charge is -2.12. The lowest BCUT2D eigenvalue weighted by Crippen LogP contribution is -2.00. The number of carboxylic acids is 1. The van der Waals surface area contributed by atoms with E-state index in [0.29, 0.717) is 22.6 Å². The molecule has 0 atom stereocenters. The number of carbonyl (C=O) groups is 1. The van der Waals surface area contributed by atoms with Gasteiger partial charge >= 0.3 is 5.97 Å². The third-order valence-corrected chi connectivity index (χ3v) is 2.95. The van der Waals surface area contributed by atoms with Crippen LogP contribution in [0.2, 0.25) is 0 Å². The molecule has 0 saturated carbocycles. The quantitative estimate of drug-likeness (QED) is 0.830. The molecule has 2 aromatic carbocycles. The summed E-state index contributed by atoms with van der Waals surface area (Å²) in [5.41, 5.74) is 1.07. The molecule has 114 valence electrons. The van der Waals surface area contributed by atoms with Gasteiger partial charge in [0.1, 0.15) is 12.4 Å². The maximum atomic E-state index is 13.6. The second-order valence-electron chi connectivity index (χ2n) is 4.46. The molecule has 0 aromatic heterocycles. The molecule has 4 nitrogen and oxygen atoms in total. The zero-order valence-electron chi connectivity index (χ0n) is 12.0. The summed E-state index contributed by atoms with van der Waals surface area (Å²) in [6, 6.07) is 11.3. The highest BCUT2D eigenvalue weighted by atomic mass is 19.1. The number of carboxylic acid groups (broad SMARTS) is 1. The largest absolute Gasteiger partial charge is 0.493 e. The molecule has 0 bridgehead atoms. The van der Waals surface area contributed by atoms with Gasteiger partial charge in [-0.2, -0.15) is 0 Å². The molecular weight excluding hydrogens is 287 g/mol. The number of rotatable bonds is 6. The fourth-order valence-electron chi connectivity index (χ4n) is 1.85. The van der Waals surface area contributed by atoms with Crippen molar-refractivity contribution < 1.29 is 23.8 Å². The van der Waals surface area contributed by atoms with Crippen molar-refractivity contribution in [2.75, 3.05) is 7.11 Å². The summed E-state index contributed by atoms with van der Waals surface area (Å²) in [7, 11) is 1.50. The SMILES string of the molecule is COc1ccc(C=CC(=O)O)cc1OCc1ccccc1F. The van der Waals surface area contributed by atoms with E-state index in [1.165, 1.54) is 19.3 Å². The molecule has 1 N–H and O–H groups in total. The first-order valence-electron chi connectivity index (χ1n) is 6.55. The Balaban J connectivity index is 2.19. The van der Waals surface area contributed by atoms with E-state index in [-0.39, 0.29) is 12.4 Å². The fourth-order valence-corrected chi connectivity index (χ4v) is 1.85. The van der Waals surface area contributed by atoms with Crippen LogP contribution < -0.4 is 9.47 Å². The highest BCUT2D eigenvalue weighted by Crippen LogP contribution is 2.29. The molecule has 0 heterocycles. The first-order valence-corrected chi connectivity index (χ1v) is 6.55. The lowest BCUT2D eigenvalue weighted by atomic mass is 10.2. The van der Waals surface area contributed by atoms with Gasteiger partial charge in [-0.25, -0.2) is 9.18 Å². The van der Waals surface area contributed by atoms with Crippen molar-refractivity contribution in [1.29, 1.82) is 0 Å². The molecule has 0 amide bonds. The van der Waals surface area contributed by atoms with Gasteiger partial charge in [0.2, 0.25) is 0 Å². The van der Waals surface area contributed by atoms with Crippen molar-refractivity contribution in [2.45, 2.75) is 6.61 Å². The van der Waals surface area contributed by atoms with Crippen LogP contribution in [0, 0.1) is 5.82 Å². The summed E-state index contributed by atoms with van der Waals surface area (Å²) >= 11 is 0. The molecule has 2 aromatic rings. The summed E-state index contributed by atoms with van der Waals surface area (Å²) in [4.78, 5) is 10.5. The molecule has 0 aliphatic carbocycles. The van der Waals surface area contributed by atoms with E-state index in [2.05, 4.69) is 0 Å². The Bertz CT molecular complexity index is 695. The Hall–Kier alpha value is -2.82. The van der Waals surface area contributed by atoms with Crippen LogP contribution in [0.5, 0.6) is 11.5 Å². The van der Waals surface area contributed by atoms with Gasteiger partial charge < -0.3 is 14.6 Å². The number of aliphatic carboxylic acids is 1. The van der Waals surface area contributed by atoms with Gasteiger partial charge in [0.25, 0.3) is 0 Å². The lowest BCUT2D eigenvalue weighted by molar-refractivity contribution is -0.131.